The molecule has 0 aromatic heterocycles. The molecule has 0 aromatic rings. The quantitative estimate of drug-likeness (QED) is 0.791. The van der Waals surface area contributed by atoms with E-state index in [-0.39, 0.29) is 12.5 Å². The van der Waals surface area contributed by atoms with Gasteiger partial charge in [-0.15, -0.1) is 0 Å². The Morgan fingerprint density at radius 1 is 1.28 bits per heavy atom. The van der Waals surface area contributed by atoms with Crippen LogP contribution >= 0.6 is 0 Å². The van der Waals surface area contributed by atoms with E-state index in [1.807, 2.05) is 4.90 Å². The van der Waals surface area contributed by atoms with E-state index in [2.05, 4.69) is 5.32 Å². The van der Waals surface area contributed by atoms with Crippen molar-refractivity contribution >= 4 is 5.91 Å². The molecule has 1 amide bonds. The highest BCUT2D eigenvalue weighted by atomic mass is 16.3. The topological polar surface area (TPSA) is 52.6 Å². The second-order valence-electron chi connectivity index (χ2n) is 5.72. The number of nitrogens with one attached hydrogen (secondary N) is 1. The smallest absolute Gasteiger partial charge is 0.222 e. The Morgan fingerprint density at radius 2 is 2.17 bits per heavy atom. The summed E-state index contributed by atoms with van der Waals surface area (Å²) in [5.41, 5.74) is 0. The van der Waals surface area contributed by atoms with Gasteiger partial charge in [-0.3, -0.25) is 4.79 Å². The number of amides is 1. The summed E-state index contributed by atoms with van der Waals surface area (Å²) in [5, 5.41) is 12.7. The van der Waals surface area contributed by atoms with Gasteiger partial charge >= 0.3 is 0 Å². The third-order valence-electron chi connectivity index (χ3n) is 4.25. The summed E-state index contributed by atoms with van der Waals surface area (Å²) in [6.07, 6.45) is 7.52. The molecule has 0 spiro atoms. The van der Waals surface area contributed by atoms with E-state index < -0.39 is 0 Å². The van der Waals surface area contributed by atoms with Crippen molar-refractivity contribution in [1.29, 1.82) is 0 Å². The molecule has 0 bridgehead atoms. The Kier molecular flexibility index (Phi) is 5.45. The molecule has 2 unspecified atom stereocenters. The van der Waals surface area contributed by atoms with Gasteiger partial charge in [0.1, 0.15) is 0 Å². The molecule has 2 aliphatic heterocycles. The minimum atomic E-state index is 0.216. The summed E-state index contributed by atoms with van der Waals surface area (Å²) in [5.74, 6) is 0.580. The molecule has 104 valence electrons. The maximum atomic E-state index is 12.1. The molecule has 0 saturated carbocycles. The van der Waals surface area contributed by atoms with E-state index >= 15 is 0 Å². The van der Waals surface area contributed by atoms with Crippen LogP contribution in [0.15, 0.2) is 0 Å². The second kappa shape index (κ2) is 7.10. The van der Waals surface area contributed by atoms with Crippen molar-refractivity contribution in [2.24, 2.45) is 5.92 Å². The van der Waals surface area contributed by atoms with Gasteiger partial charge in [-0.05, 0) is 44.6 Å². The van der Waals surface area contributed by atoms with Gasteiger partial charge in [-0.2, -0.15) is 0 Å². The van der Waals surface area contributed by atoms with Crippen molar-refractivity contribution in [2.75, 3.05) is 26.2 Å². The van der Waals surface area contributed by atoms with Crippen molar-refractivity contribution in [1.82, 2.24) is 10.2 Å². The number of rotatable bonds is 4. The lowest BCUT2D eigenvalue weighted by molar-refractivity contribution is -0.133. The molecular weight excluding hydrogens is 228 g/mol. The van der Waals surface area contributed by atoms with Gasteiger partial charge in [-0.1, -0.05) is 6.42 Å². The minimum Gasteiger partial charge on any atom is -0.396 e. The summed E-state index contributed by atoms with van der Waals surface area (Å²) < 4.78 is 0. The first-order valence-corrected chi connectivity index (χ1v) is 7.41. The standard InChI is InChI=1S/C14H26N2O2/c17-11-12-4-3-9-16(10-12)14(18)7-6-13-5-1-2-8-15-13/h12-13,15,17H,1-11H2. The van der Waals surface area contributed by atoms with E-state index in [9.17, 15) is 9.90 Å². The van der Waals surface area contributed by atoms with Crippen molar-refractivity contribution in [2.45, 2.75) is 51.0 Å². The highest BCUT2D eigenvalue weighted by Gasteiger charge is 2.23. The Balaban J connectivity index is 1.70. The van der Waals surface area contributed by atoms with Crippen LogP contribution in [-0.4, -0.2) is 48.2 Å². The number of nitrogens with zero attached hydrogens (tertiary/aromatic N) is 1. The van der Waals surface area contributed by atoms with E-state index in [1.165, 1.54) is 19.3 Å². The summed E-state index contributed by atoms with van der Waals surface area (Å²) in [4.78, 5) is 14.1. The molecule has 0 aromatic carbocycles. The minimum absolute atomic E-state index is 0.216. The molecule has 4 nitrogen and oxygen atoms in total. The number of aliphatic hydroxyl groups is 1. The highest BCUT2D eigenvalue weighted by molar-refractivity contribution is 5.76. The molecule has 2 atom stereocenters. The number of likely N-dealkylation sites (tertiary alicyclic amines) is 1. The third kappa shape index (κ3) is 3.95. The number of carbonyl (C=O) groups is 1. The monoisotopic (exact) mass is 254 g/mol. The maximum Gasteiger partial charge on any atom is 0.222 e. The van der Waals surface area contributed by atoms with Crippen molar-refractivity contribution in [3.05, 3.63) is 0 Å². The van der Waals surface area contributed by atoms with Gasteiger partial charge in [0.15, 0.2) is 0 Å². The molecule has 18 heavy (non-hydrogen) atoms. The fraction of sp³-hybridized carbons (Fsp3) is 0.929. The number of hydrogen-bond acceptors (Lipinski definition) is 3. The SMILES string of the molecule is O=C(CCC1CCCCN1)N1CCCC(CO)C1. The average molecular weight is 254 g/mol. The molecule has 0 aliphatic carbocycles. The molecule has 2 saturated heterocycles. The van der Waals surface area contributed by atoms with Crippen LogP contribution in [0.25, 0.3) is 0 Å². The van der Waals surface area contributed by atoms with Crippen LogP contribution < -0.4 is 5.32 Å². The predicted molar refractivity (Wildman–Crippen MR) is 71.3 cm³/mol. The summed E-state index contributed by atoms with van der Waals surface area (Å²) in [6, 6.07) is 0.543. The first-order valence-electron chi connectivity index (χ1n) is 7.41. The summed E-state index contributed by atoms with van der Waals surface area (Å²) in [7, 11) is 0. The van der Waals surface area contributed by atoms with E-state index in [4.69, 9.17) is 0 Å². The Hall–Kier alpha value is -0.610. The van der Waals surface area contributed by atoms with Crippen LogP contribution in [0, 0.1) is 5.92 Å². The molecule has 2 fully saturated rings. The van der Waals surface area contributed by atoms with Gasteiger partial charge in [0.05, 0.1) is 0 Å². The zero-order chi connectivity index (χ0) is 12.8. The molecule has 4 heteroatoms. The Morgan fingerprint density at radius 3 is 2.89 bits per heavy atom. The number of carbonyl (C=O) groups excluding carboxylic acids is 1. The van der Waals surface area contributed by atoms with Crippen LogP contribution in [0.2, 0.25) is 0 Å². The maximum absolute atomic E-state index is 12.1. The fourth-order valence-electron chi connectivity index (χ4n) is 3.07. The molecule has 2 aliphatic rings. The largest absolute Gasteiger partial charge is 0.396 e. The van der Waals surface area contributed by atoms with Crippen molar-refractivity contribution in [3.63, 3.8) is 0 Å². The van der Waals surface area contributed by atoms with Gasteiger partial charge < -0.3 is 15.3 Å². The van der Waals surface area contributed by atoms with E-state index in [0.29, 0.717) is 18.4 Å². The number of aliphatic hydroxyl groups excluding tert-OH is 1. The molecule has 2 heterocycles. The normalized spacial score (nSPS) is 29.3. The third-order valence-corrected chi connectivity index (χ3v) is 4.25. The van der Waals surface area contributed by atoms with Gasteiger partial charge in [0.2, 0.25) is 5.91 Å². The van der Waals surface area contributed by atoms with Gasteiger partial charge in [-0.25, -0.2) is 0 Å². The molecule has 0 radical (unpaired) electrons. The summed E-state index contributed by atoms with van der Waals surface area (Å²) in [6.45, 7) is 2.96. The lowest BCUT2D eigenvalue weighted by Gasteiger charge is -2.32. The van der Waals surface area contributed by atoms with Crippen LogP contribution in [0.1, 0.15) is 44.9 Å². The van der Waals surface area contributed by atoms with Crippen LogP contribution in [0.5, 0.6) is 0 Å². The average Bonchev–Trinajstić information content (AvgIpc) is 2.46. The van der Waals surface area contributed by atoms with Crippen LogP contribution in [0.4, 0.5) is 0 Å². The fourth-order valence-corrected chi connectivity index (χ4v) is 3.07. The van der Waals surface area contributed by atoms with Gasteiger partial charge in [0.25, 0.3) is 0 Å². The van der Waals surface area contributed by atoms with Crippen LogP contribution in [-0.2, 0) is 4.79 Å². The zero-order valence-electron chi connectivity index (χ0n) is 11.2. The molecule has 2 rings (SSSR count). The molecule has 2 N–H and O–H groups in total. The second-order valence-corrected chi connectivity index (χ2v) is 5.72. The van der Waals surface area contributed by atoms with E-state index in [0.717, 1.165) is 38.9 Å². The summed E-state index contributed by atoms with van der Waals surface area (Å²) >= 11 is 0. The van der Waals surface area contributed by atoms with Gasteiger partial charge in [0, 0.05) is 32.2 Å². The van der Waals surface area contributed by atoms with Crippen molar-refractivity contribution in [3.8, 4) is 0 Å². The Labute approximate surface area is 110 Å². The first kappa shape index (κ1) is 13.8. The Bertz CT molecular complexity index is 265. The zero-order valence-corrected chi connectivity index (χ0v) is 11.2. The molecular formula is C14H26N2O2. The van der Waals surface area contributed by atoms with Crippen molar-refractivity contribution < 1.29 is 9.90 Å². The lowest BCUT2D eigenvalue weighted by atomic mass is 9.97. The number of hydrogen-bond donors (Lipinski definition) is 2. The lowest BCUT2D eigenvalue weighted by Crippen LogP contribution is -2.42. The first-order chi connectivity index (χ1) is 8.79. The number of piperidine rings is 2. The van der Waals surface area contributed by atoms with Crippen LogP contribution in [0.3, 0.4) is 0 Å². The predicted octanol–water partition coefficient (Wildman–Crippen LogP) is 1.14. The van der Waals surface area contributed by atoms with E-state index in [1.54, 1.807) is 0 Å². The highest BCUT2D eigenvalue weighted by Crippen LogP contribution is 2.18.